The molecular formula is C18H16F5N3O. The second kappa shape index (κ2) is 7.13. The minimum atomic E-state index is -4.71. The first-order chi connectivity index (χ1) is 12.7. The van der Waals surface area contributed by atoms with Crippen molar-refractivity contribution < 1.29 is 26.7 Å². The van der Waals surface area contributed by atoms with Crippen LogP contribution in [0.4, 0.5) is 22.0 Å². The molecule has 0 aliphatic heterocycles. The molecule has 3 rings (SSSR count). The Hall–Kier alpha value is -2.71. The Kier molecular flexibility index (Phi) is 5.03. The van der Waals surface area contributed by atoms with Crippen LogP contribution in [0.2, 0.25) is 0 Å². The molecule has 0 spiro atoms. The molecule has 3 aromatic rings. The second-order valence-corrected chi connectivity index (χ2v) is 6.04. The molecule has 1 atom stereocenters. The van der Waals surface area contributed by atoms with Crippen LogP contribution in [-0.4, -0.2) is 14.6 Å². The monoisotopic (exact) mass is 385 g/mol. The van der Waals surface area contributed by atoms with Crippen molar-refractivity contribution in [3.63, 3.8) is 0 Å². The number of hydrogen-bond acceptors (Lipinski definition) is 3. The van der Waals surface area contributed by atoms with E-state index >= 15 is 0 Å². The van der Waals surface area contributed by atoms with Crippen molar-refractivity contribution in [1.29, 1.82) is 0 Å². The summed E-state index contributed by atoms with van der Waals surface area (Å²) in [5.41, 5.74) is -1.54. The number of ether oxygens (including phenoxy) is 1. The van der Waals surface area contributed by atoms with Crippen molar-refractivity contribution in [2.45, 2.75) is 39.0 Å². The number of alkyl halides is 3. The molecule has 2 heterocycles. The Morgan fingerprint density at radius 3 is 2.52 bits per heavy atom. The van der Waals surface area contributed by atoms with Gasteiger partial charge in [-0.15, -0.1) is 10.2 Å². The molecule has 0 saturated carbocycles. The van der Waals surface area contributed by atoms with Gasteiger partial charge in [-0.25, -0.2) is 8.78 Å². The Morgan fingerprint density at radius 1 is 1.15 bits per heavy atom. The van der Waals surface area contributed by atoms with E-state index in [1.807, 2.05) is 6.92 Å². The zero-order valence-electron chi connectivity index (χ0n) is 14.5. The van der Waals surface area contributed by atoms with E-state index in [4.69, 9.17) is 4.74 Å². The summed E-state index contributed by atoms with van der Waals surface area (Å²) in [4.78, 5) is 0. The van der Waals surface area contributed by atoms with E-state index in [0.717, 1.165) is 12.1 Å². The van der Waals surface area contributed by atoms with E-state index in [0.29, 0.717) is 24.7 Å². The van der Waals surface area contributed by atoms with E-state index in [1.165, 1.54) is 23.6 Å². The van der Waals surface area contributed by atoms with Crippen LogP contribution in [-0.2, 0) is 12.6 Å². The molecule has 0 fully saturated rings. The van der Waals surface area contributed by atoms with Gasteiger partial charge in [-0.2, -0.15) is 13.2 Å². The van der Waals surface area contributed by atoms with Crippen LogP contribution in [0, 0.1) is 11.6 Å². The van der Waals surface area contributed by atoms with Gasteiger partial charge in [0.2, 0.25) is 0 Å². The van der Waals surface area contributed by atoms with E-state index in [1.54, 1.807) is 0 Å². The second-order valence-electron chi connectivity index (χ2n) is 6.04. The summed E-state index contributed by atoms with van der Waals surface area (Å²) in [5.74, 6) is -1.73. The van der Waals surface area contributed by atoms with Gasteiger partial charge in [0.05, 0.1) is 0 Å². The van der Waals surface area contributed by atoms with Gasteiger partial charge < -0.3 is 4.74 Å². The fraction of sp³-hybridized carbons (Fsp3) is 0.333. The van der Waals surface area contributed by atoms with Crippen molar-refractivity contribution in [3.05, 3.63) is 59.0 Å². The lowest BCUT2D eigenvalue weighted by Gasteiger charge is -2.20. The Morgan fingerprint density at radius 2 is 1.89 bits per heavy atom. The highest BCUT2D eigenvalue weighted by Gasteiger charge is 2.39. The molecule has 0 radical (unpaired) electrons. The average molecular weight is 385 g/mol. The van der Waals surface area contributed by atoms with E-state index in [-0.39, 0.29) is 17.0 Å². The van der Waals surface area contributed by atoms with Gasteiger partial charge in [-0.1, -0.05) is 6.92 Å². The van der Waals surface area contributed by atoms with E-state index < -0.39 is 29.5 Å². The van der Waals surface area contributed by atoms with Crippen LogP contribution in [0.3, 0.4) is 0 Å². The molecule has 0 aliphatic carbocycles. The van der Waals surface area contributed by atoms with Crippen molar-refractivity contribution in [2.75, 3.05) is 0 Å². The zero-order chi connectivity index (χ0) is 19.8. The highest BCUT2D eigenvalue weighted by atomic mass is 19.4. The molecule has 2 aromatic heterocycles. The number of benzene rings is 1. The van der Waals surface area contributed by atoms with Crippen molar-refractivity contribution >= 4 is 5.65 Å². The number of pyridine rings is 1. The highest BCUT2D eigenvalue weighted by Crippen LogP contribution is 2.38. The normalized spacial score (nSPS) is 13.1. The molecule has 0 N–H and O–H groups in total. The largest absolute Gasteiger partial charge is 0.483 e. The molecule has 144 valence electrons. The standard InChI is InChI=1S/C18H16F5N3O/c1-3-4-15-24-25-17-16(18(21,22)23)12(7-8-26(15)17)10(2)27-14-6-5-11(19)9-13(14)20/h5-10H,3-4H2,1-2H3. The number of aryl methyl sites for hydroxylation is 1. The number of aromatic nitrogens is 3. The lowest BCUT2D eigenvalue weighted by Crippen LogP contribution is -2.16. The SMILES string of the molecule is CCCc1nnc2c(C(F)(F)F)c(C(C)Oc3ccc(F)cc3F)ccn12. The van der Waals surface area contributed by atoms with Crippen LogP contribution in [0.5, 0.6) is 5.75 Å². The van der Waals surface area contributed by atoms with E-state index in [9.17, 15) is 22.0 Å². The Labute approximate surface area is 151 Å². The van der Waals surface area contributed by atoms with Crippen LogP contribution >= 0.6 is 0 Å². The maximum atomic E-state index is 13.8. The number of hydrogen-bond donors (Lipinski definition) is 0. The number of nitrogens with zero attached hydrogens (tertiary/aromatic N) is 3. The number of fused-ring (bicyclic) bond motifs is 1. The minimum Gasteiger partial charge on any atom is -0.483 e. The van der Waals surface area contributed by atoms with Crippen LogP contribution < -0.4 is 4.74 Å². The van der Waals surface area contributed by atoms with Gasteiger partial charge >= 0.3 is 6.18 Å². The van der Waals surface area contributed by atoms with Crippen molar-refractivity contribution in [1.82, 2.24) is 14.6 Å². The molecule has 0 aliphatic rings. The third kappa shape index (κ3) is 3.72. The van der Waals surface area contributed by atoms with Gasteiger partial charge in [0.15, 0.2) is 17.2 Å². The molecule has 1 unspecified atom stereocenters. The predicted octanol–water partition coefficient (Wildman–Crippen LogP) is 5.12. The van der Waals surface area contributed by atoms with Gasteiger partial charge in [0, 0.05) is 24.2 Å². The van der Waals surface area contributed by atoms with Crippen molar-refractivity contribution in [2.24, 2.45) is 0 Å². The highest BCUT2D eigenvalue weighted by molar-refractivity contribution is 5.54. The summed E-state index contributed by atoms with van der Waals surface area (Å²) in [6.07, 6.45) is -3.25. The zero-order valence-corrected chi connectivity index (χ0v) is 14.5. The fourth-order valence-electron chi connectivity index (χ4n) is 2.87. The third-order valence-electron chi connectivity index (χ3n) is 4.07. The van der Waals surface area contributed by atoms with Crippen LogP contribution in [0.1, 0.15) is 43.3 Å². The summed E-state index contributed by atoms with van der Waals surface area (Å²) >= 11 is 0. The third-order valence-corrected chi connectivity index (χ3v) is 4.07. The lowest BCUT2D eigenvalue weighted by molar-refractivity contribution is -0.138. The first-order valence-electron chi connectivity index (χ1n) is 8.27. The topological polar surface area (TPSA) is 39.4 Å². The average Bonchev–Trinajstić information content (AvgIpc) is 2.99. The summed E-state index contributed by atoms with van der Waals surface area (Å²) in [5, 5.41) is 7.53. The molecule has 27 heavy (non-hydrogen) atoms. The van der Waals surface area contributed by atoms with Crippen LogP contribution in [0.25, 0.3) is 5.65 Å². The van der Waals surface area contributed by atoms with E-state index in [2.05, 4.69) is 10.2 Å². The smallest absolute Gasteiger partial charge is 0.420 e. The molecule has 0 bridgehead atoms. The first kappa shape index (κ1) is 19.1. The molecule has 9 heteroatoms. The number of rotatable bonds is 5. The summed E-state index contributed by atoms with van der Waals surface area (Å²) in [6, 6.07) is 3.85. The molecule has 1 aromatic carbocycles. The molecular weight excluding hydrogens is 369 g/mol. The Balaban J connectivity index is 2.07. The molecule has 0 amide bonds. The first-order valence-corrected chi connectivity index (χ1v) is 8.27. The predicted molar refractivity (Wildman–Crippen MR) is 87.4 cm³/mol. The Bertz CT molecular complexity index is 968. The summed E-state index contributed by atoms with van der Waals surface area (Å²) < 4.78 is 74.6. The summed E-state index contributed by atoms with van der Waals surface area (Å²) in [7, 11) is 0. The van der Waals surface area contributed by atoms with Gasteiger partial charge in [-0.3, -0.25) is 4.40 Å². The maximum absolute atomic E-state index is 13.8. The van der Waals surface area contributed by atoms with Gasteiger partial charge in [-0.05, 0) is 31.5 Å². The minimum absolute atomic E-state index is 0.214. The summed E-state index contributed by atoms with van der Waals surface area (Å²) in [6.45, 7) is 3.24. The quantitative estimate of drug-likeness (QED) is 0.573. The lowest BCUT2D eigenvalue weighted by atomic mass is 10.0. The molecule has 0 saturated heterocycles. The van der Waals surface area contributed by atoms with Crippen LogP contribution in [0.15, 0.2) is 30.5 Å². The maximum Gasteiger partial charge on any atom is 0.420 e. The van der Waals surface area contributed by atoms with Crippen molar-refractivity contribution in [3.8, 4) is 5.75 Å². The number of halogens is 5. The molecule has 4 nitrogen and oxygen atoms in total. The van der Waals surface area contributed by atoms with Gasteiger partial charge in [0.1, 0.15) is 23.3 Å². The fourth-order valence-corrected chi connectivity index (χ4v) is 2.87. The van der Waals surface area contributed by atoms with Gasteiger partial charge in [0.25, 0.3) is 0 Å².